The number of likely N-dealkylation sites (tertiary alicyclic amines) is 1. The van der Waals surface area contributed by atoms with Gasteiger partial charge in [0, 0.05) is 19.7 Å². The molecular weight excluding hydrogens is 476 g/mol. The quantitative estimate of drug-likeness (QED) is 0.524. The number of benzene rings is 1. The second-order valence-electron chi connectivity index (χ2n) is 7.13. The van der Waals surface area contributed by atoms with Crippen molar-refractivity contribution in [2.75, 3.05) is 19.0 Å². The summed E-state index contributed by atoms with van der Waals surface area (Å²) in [5, 5.41) is 2.05. The summed E-state index contributed by atoms with van der Waals surface area (Å²) in [5.41, 5.74) is -5.37. The summed E-state index contributed by atoms with van der Waals surface area (Å²) in [4.78, 5) is 50.5. The van der Waals surface area contributed by atoms with Crippen molar-refractivity contribution < 1.29 is 31.9 Å². The summed E-state index contributed by atoms with van der Waals surface area (Å²) in [5.74, 6) is -1.82. The Labute approximate surface area is 188 Å². The van der Waals surface area contributed by atoms with Crippen LogP contribution in [0.5, 0.6) is 0 Å². The first-order chi connectivity index (χ1) is 15.4. The van der Waals surface area contributed by atoms with Crippen LogP contribution in [0, 0.1) is 5.82 Å². The number of urea groups is 1. The van der Waals surface area contributed by atoms with Gasteiger partial charge in [0.2, 0.25) is 0 Å². The number of halogens is 5. The molecule has 3 rings (SSSR count). The minimum atomic E-state index is -4.99. The Morgan fingerprint density at radius 3 is 2.48 bits per heavy atom. The van der Waals surface area contributed by atoms with Crippen molar-refractivity contribution in [3.63, 3.8) is 0 Å². The highest BCUT2D eigenvalue weighted by atomic mass is 35.5. The summed E-state index contributed by atoms with van der Waals surface area (Å²) in [6, 6.07) is 0.0551. The van der Waals surface area contributed by atoms with E-state index in [0.29, 0.717) is 18.9 Å². The summed E-state index contributed by atoms with van der Waals surface area (Å²) < 4.78 is 58.8. The Hall–Kier alpha value is -3.35. The third kappa shape index (κ3) is 4.58. The summed E-state index contributed by atoms with van der Waals surface area (Å²) in [6.45, 7) is 0.218. The number of esters is 1. The van der Waals surface area contributed by atoms with Crippen LogP contribution >= 0.6 is 11.6 Å². The number of amides is 2. The first-order valence-electron chi connectivity index (χ1n) is 9.42. The van der Waals surface area contributed by atoms with E-state index < -0.39 is 52.7 Å². The zero-order valence-corrected chi connectivity index (χ0v) is 18.0. The number of hydrogen-bond acceptors (Lipinski definition) is 5. The molecule has 1 atom stereocenters. The van der Waals surface area contributed by atoms with E-state index in [1.54, 1.807) is 0 Å². The number of carbonyl (C=O) groups is 2. The first-order valence-corrected chi connectivity index (χ1v) is 9.79. The lowest BCUT2D eigenvalue weighted by Gasteiger charge is -2.23. The number of hydrogen-bond donors (Lipinski definition) is 1. The van der Waals surface area contributed by atoms with Crippen molar-refractivity contribution in [1.29, 1.82) is 0 Å². The fourth-order valence-corrected chi connectivity index (χ4v) is 3.70. The fourth-order valence-electron chi connectivity index (χ4n) is 3.50. The molecule has 1 fully saturated rings. The molecule has 1 aliphatic rings. The Bertz CT molecular complexity index is 1240. The molecule has 0 aliphatic carbocycles. The molecule has 2 aromatic rings. The molecule has 33 heavy (non-hydrogen) atoms. The van der Waals surface area contributed by atoms with Gasteiger partial charge in [-0.05, 0) is 25.0 Å². The topological polar surface area (TPSA) is 103 Å². The van der Waals surface area contributed by atoms with Crippen molar-refractivity contribution in [3.05, 3.63) is 55.6 Å². The normalized spacial score (nSPS) is 16.1. The van der Waals surface area contributed by atoms with Gasteiger partial charge >= 0.3 is 23.9 Å². The number of ether oxygens (including phenoxy) is 1. The molecule has 1 aliphatic heterocycles. The molecule has 0 radical (unpaired) electrons. The standard InChI is InChI=1S/C19H17ClF4N4O5/c1-26-14(19(22,23)24)8-15(29)28(18(26)32)13-7-11(9(20)6-10(13)21)25-17(31)27-5-3-4-12(27)16(30)33-2/h6-8,12H,3-5H2,1-2H3,(H,25,31)/t12-/m0/s1. The number of nitrogens with zero attached hydrogens (tertiary/aromatic N) is 3. The third-order valence-electron chi connectivity index (χ3n) is 5.12. The molecule has 0 bridgehead atoms. The van der Waals surface area contributed by atoms with Crippen molar-refractivity contribution in [1.82, 2.24) is 14.0 Å². The van der Waals surface area contributed by atoms with Gasteiger partial charge in [-0.3, -0.25) is 9.36 Å². The van der Waals surface area contributed by atoms with Crippen LogP contribution in [0.25, 0.3) is 5.69 Å². The molecule has 2 heterocycles. The van der Waals surface area contributed by atoms with Gasteiger partial charge in [0.25, 0.3) is 5.56 Å². The predicted octanol–water partition coefficient (Wildman–Crippen LogP) is 2.52. The predicted molar refractivity (Wildman–Crippen MR) is 108 cm³/mol. The molecule has 0 unspecified atom stereocenters. The van der Waals surface area contributed by atoms with Gasteiger partial charge in [0.15, 0.2) is 0 Å². The van der Waals surface area contributed by atoms with Crippen molar-refractivity contribution in [2.45, 2.75) is 25.1 Å². The number of nitrogens with one attached hydrogen (secondary N) is 1. The average Bonchev–Trinajstić information content (AvgIpc) is 3.22. The second-order valence-corrected chi connectivity index (χ2v) is 7.54. The molecule has 1 saturated heterocycles. The SMILES string of the molecule is COC(=O)[C@@H]1CCCN1C(=O)Nc1cc(-n2c(=O)cc(C(F)(F)F)n(C)c2=O)c(F)cc1Cl. The number of alkyl halides is 3. The lowest BCUT2D eigenvalue weighted by Crippen LogP contribution is -2.43. The monoisotopic (exact) mass is 492 g/mol. The highest BCUT2D eigenvalue weighted by Crippen LogP contribution is 2.30. The fraction of sp³-hybridized carbons (Fsp3) is 0.368. The van der Waals surface area contributed by atoms with Crippen LogP contribution in [-0.4, -0.2) is 45.7 Å². The van der Waals surface area contributed by atoms with Gasteiger partial charge < -0.3 is 15.0 Å². The molecular formula is C19H17ClF4N4O5. The Kier molecular flexibility index (Phi) is 6.54. The number of aromatic nitrogens is 2. The van der Waals surface area contributed by atoms with Gasteiger partial charge in [-0.1, -0.05) is 11.6 Å². The maximum atomic E-state index is 14.6. The van der Waals surface area contributed by atoms with Crippen LogP contribution in [0.15, 0.2) is 27.8 Å². The molecule has 9 nitrogen and oxygen atoms in total. The molecule has 0 saturated carbocycles. The van der Waals surface area contributed by atoms with E-state index in [4.69, 9.17) is 11.6 Å². The Morgan fingerprint density at radius 2 is 1.88 bits per heavy atom. The molecule has 0 spiro atoms. The molecule has 1 aromatic carbocycles. The zero-order chi connectivity index (χ0) is 24.7. The van der Waals surface area contributed by atoms with Gasteiger partial charge in [0.1, 0.15) is 17.6 Å². The number of carbonyl (C=O) groups excluding carboxylic acids is 2. The van der Waals surface area contributed by atoms with Gasteiger partial charge in [-0.25, -0.2) is 23.3 Å². The van der Waals surface area contributed by atoms with E-state index in [1.165, 1.54) is 12.0 Å². The van der Waals surface area contributed by atoms with E-state index >= 15 is 0 Å². The lowest BCUT2D eigenvalue weighted by atomic mass is 10.2. The number of methoxy groups -OCH3 is 1. The van der Waals surface area contributed by atoms with Gasteiger partial charge in [-0.2, -0.15) is 13.2 Å². The van der Waals surface area contributed by atoms with E-state index in [2.05, 4.69) is 10.1 Å². The van der Waals surface area contributed by atoms with Gasteiger partial charge in [-0.15, -0.1) is 0 Å². The highest BCUT2D eigenvalue weighted by Gasteiger charge is 2.36. The second kappa shape index (κ2) is 8.89. The van der Waals surface area contributed by atoms with Crippen LogP contribution in [0.4, 0.5) is 28.0 Å². The van der Waals surface area contributed by atoms with Crippen molar-refractivity contribution in [3.8, 4) is 5.69 Å². The third-order valence-corrected chi connectivity index (χ3v) is 5.43. The van der Waals surface area contributed by atoms with E-state index in [9.17, 15) is 36.7 Å². The minimum absolute atomic E-state index is 0.152. The maximum Gasteiger partial charge on any atom is 0.431 e. The van der Waals surface area contributed by atoms with Gasteiger partial charge in [0.05, 0.1) is 23.5 Å². The first kappa shape index (κ1) is 24.3. The van der Waals surface area contributed by atoms with Crippen LogP contribution in [-0.2, 0) is 22.8 Å². The number of rotatable bonds is 3. The molecule has 2 amide bonds. The van der Waals surface area contributed by atoms with Crippen molar-refractivity contribution in [2.24, 2.45) is 7.05 Å². The van der Waals surface area contributed by atoms with E-state index in [1.807, 2.05) is 0 Å². The van der Waals surface area contributed by atoms with E-state index in [0.717, 1.165) is 13.1 Å². The summed E-state index contributed by atoms with van der Waals surface area (Å²) in [7, 11) is 1.94. The lowest BCUT2D eigenvalue weighted by molar-refractivity contribution is -0.145. The average molecular weight is 493 g/mol. The van der Waals surface area contributed by atoms with Crippen molar-refractivity contribution >= 4 is 29.3 Å². The van der Waals surface area contributed by atoms with Crippen LogP contribution in [0.2, 0.25) is 5.02 Å². The molecule has 14 heteroatoms. The highest BCUT2D eigenvalue weighted by molar-refractivity contribution is 6.33. The summed E-state index contributed by atoms with van der Waals surface area (Å²) in [6.07, 6.45) is -4.11. The minimum Gasteiger partial charge on any atom is -0.467 e. The Balaban J connectivity index is 2.04. The molecule has 1 N–H and O–H groups in total. The largest absolute Gasteiger partial charge is 0.467 e. The maximum absolute atomic E-state index is 14.6. The summed E-state index contributed by atoms with van der Waals surface area (Å²) >= 11 is 5.98. The van der Waals surface area contributed by atoms with Crippen LogP contribution in [0.3, 0.4) is 0 Å². The van der Waals surface area contributed by atoms with Crippen LogP contribution < -0.4 is 16.6 Å². The van der Waals surface area contributed by atoms with Crippen LogP contribution in [0.1, 0.15) is 18.5 Å². The molecule has 1 aromatic heterocycles. The Morgan fingerprint density at radius 1 is 1.21 bits per heavy atom. The zero-order valence-electron chi connectivity index (χ0n) is 17.2. The smallest absolute Gasteiger partial charge is 0.431 e. The van der Waals surface area contributed by atoms with E-state index in [-0.39, 0.29) is 32.5 Å². The molecule has 178 valence electrons. The number of anilines is 1.